The highest BCUT2D eigenvalue weighted by Gasteiger charge is 2.32. The molecule has 2 heterocycles. The summed E-state index contributed by atoms with van der Waals surface area (Å²) in [5, 5.41) is 3.53. The first-order valence-electron chi connectivity index (χ1n) is 11.5. The Bertz CT molecular complexity index is 448. The van der Waals surface area contributed by atoms with Crippen LogP contribution >= 0.6 is 0 Å². The molecule has 0 aromatic rings. The van der Waals surface area contributed by atoms with Gasteiger partial charge < -0.3 is 19.7 Å². The van der Waals surface area contributed by atoms with Gasteiger partial charge in [-0.25, -0.2) is 0 Å². The zero-order valence-corrected chi connectivity index (χ0v) is 17.7. The van der Waals surface area contributed by atoms with E-state index in [1.54, 1.807) is 0 Å². The molecule has 5 nitrogen and oxygen atoms in total. The van der Waals surface area contributed by atoms with Crippen molar-refractivity contribution < 1.29 is 9.47 Å². The second-order valence-electron chi connectivity index (χ2n) is 8.74. The Morgan fingerprint density at radius 3 is 2.52 bits per heavy atom. The van der Waals surface area contributed by atoms with Crippen LogP contribution in [0.2, 0.25) is 0 Å². The van der Waals surface area contributed by atoms with Gasteiger partial charge in [0, 0.05) is 32.8 Å². The maximum Gasteiger partial charge on any atom is 0.193 e. The number of nitrogens with zero attached hydrogens (tertiary/aromatic N) is 2. The maximum atomic E-state index is 6.17. The monoisotopic (exact) mass is 379 g/mol. The fraction of sp³-hybridized carbons (Fsp3) is 0.955. The first kappa shape index (κ1) is 20.9. The predicted octanol–water partition coefficient (Wildman–Crippen LogP) is 3.97. The Morgan fingerprint density at radius 2 is 1.89 bits per heavy atom. The molecule has 0 aromatic heterocycles. The lowest BCUT2D eigenvalue weighted by atomic mass is 9.83. The zero-order chi connectivity index (χ0) is 19.0. The zero-order valence-electron chi connectivity index (χ0n) is 17.7. The Hall–Kier alpha value is -0.810. The number of hydrogen-bond donors (Lipinski definition) is 1. The van der Waals surface area contributed by atoms with Crippen LogP contribution in [0.15, 0.2) is 4.99 Å². The van der Waals surface area contributed by atoms with Crippen molar-refractivity contribution in [3.63, 3.8) is 0 Å². The van der Waals surface area contributed by atoms with Gasteiger partial charge in [0.15, 0.2) is 5.96 Å². The van der Waals surface area contributed by atoms with Gasteiger partial charge in [0.1, 0.15) is 0 Å². The highest BCUT2D eigenvalue weighted by atomic mass is 16.5. The molecule has 0 radical (unpaired) electrons. The molecule has 0 amide bonds. The van der Waals surface area contributed by atoms with E-state index in [0.717, 1.165) is 64.6 Å². The number of hydrogen-bond acceptors (Lipinski definition) is 3. The Kier molecular flexibility index (Phi) is 8.25. The first-order valence-corrected chi connectivity index (χ1v) is 11.5. The van der Waals surface area contributed by atoms with E-state index in [1.807, 2.05) is 0 Å². The summed E-state index contributed by atoms with van der Waals surface area (Å²) >= 11 is 0. The molecule has 1 unspecified atom stereocenters. The van der Waals surface area contributed by atoms with Crippen molar-refractivity contribution in [3.8, 4) is 0 Å². The van der Waals surface area contributed by atoms with Crippen LogP contribution in [0.3, 0.4) is 0 Å². The van der Waals surface area contributed by atoms with Crippen molar-refractivity contribution in [2.75, 3.05) is 39.4 Å². The van der Waals surface area contributed by atoms with Crippen LogP contribution in [-0.4, -0.2) is 62.5 Å². The molecule has 3 aliphatic rings. The smallest absolute Gasteiger partial charge is 0.193 e. The molecule has 1 atom stereocenters. The van der Waals surface area contributed by atoms with Crippen LogP contribution in [0.5, 0.6) is 0 Å². The molecule has 1 aliphatic carbocycles. The lowest BCUT2D eigenvalue weighted by Gasteiger charge is -2.35. The number of aliphatic imine (C=N–C) groups is 1. The molecule has 0 bridgehead atoms. The van der Waals surface area contributed by atoms with Crippen LogP contribution in [0.25, 0.3) is 0 Å². The molecular weight excluding hydrogens is 338 g/mol. The number of nitrogens with one attached hydrogen (secondary N) is 1. The van der Waals surface area contributed by atoms with Crippen molar-refractivity contribution in [1.29, 1.82) is 0 Å². The minimum Gasteiger partial charge on any atom is -0.376 e. The second-order valence-corrected chi connectivity index (χ2v) is 8.74. The molecular formula is C22H41N3O2. The lowest BCUT2D eigenvalue weighted by Crippen LogP contribution is -2.47. The van der Waals surface area contributed by atoms with Gasteiger partial charge >= 0.3 is 0 Å². The molecule has 2 saturated heterocycles. The lowest BCUT2D eigenvalue weighted by molar-refractivity contribution is -0.0721. The van der Waals surface area contributed by atoms with Crippen molar-refractivity contribution in [3.05, 3.63) is 0 Å². The summed E-state index contributed by atoms with van der Waals surface area (Å²) in [6, 6.07) is 0. The Balaban J connectivity index is 1.45. The molecule has 1 saturated carbocycles. The van der Waals surface area contributed by atoms with E-state index in [4.69, 9.17) is 14.5 Å². The van der Waals surface area contributed by atoms with Gasteiger partial charge in [-0.05, 0) is 63.7 Å². The van der Waals surface area contributed by atoms with Crippen LogP contribution < -0.4 is 5.32 Å². The highest BCUT2D eigenvalue weighted by Crippen LogP contribution is 2.41. The molecule has 2 aliphatic heterocycles. The van der Waals surface area contributed by atoms with E-state index in [0.29, 0.717) is 17.6 Å². The van der Waals surface area contributed by atoms with Crippen LogP contribution in [-0.2, 0) is 9.47 Å². The van der Waals surface area contributed by atoms with Gasteiger partial charge in [-0.3, -0.25) is 4.99 Å². The SMILES string of the molecule is CCNC(=NCC1(CC)CCCC1)N1CCC(OCC2CCCCO2)CC1. The molecule has 3 rings (SSSR count). The minimum absolute atomic E-state index is 0.326. The van der Waals surface area contributed by atoms with Gasteiger partial charge in [0.05, 0.1) is 18.8 Å². The van der Waals surface area contributed by atoms with Crippen molar-refractivity contribution in [2.45, 2.75) is 90.3 Å². The van der Waals surface area contributed by atoms with E-state index in [1.165, 1.54) is 44.9 Å². The Labute approximate surface area is 166 Å². The van der Waals surface area contributed by atoms with Gasteiger partial charge in [-0.1, -0.05) is 19.8 Å². The van der Waals surface area contributed by atoms with Crippen LogP contribution in [0.1, 0.15) is 78.1 Å². The van der Waals surface area contributed by atoms with E-state index < -0.39 is 0 Å². The molecule has 1 N–H and O–H groups in total. The summed E-state index contributed by atoms with van der Waals surface area (Å²) in [7, 11) is 0. The number of likely N-dealkylation sites (tertiary alicyclic amines) is 1. The second kappa shape index (κ2) is 10.7. The van der Waals surface area contributed by atoms with Crippen molar-refractivity contribution in [1.82, 2.24) is 10.2 Å². The van der Waals surface area contributed by atoms with E-state index >= 15 is 0 Å². The third kappa shape index (κ3) is 6.08. The maximum absolute atomic E-state index is 6.17. The third-order valence-corrected chi connectivity index (χ3v) is 6.85. The third-order valence-electron chi connectivity index (χ3n) is 6.85. The average molecular weight is 380 g/mol. The van der Waals surface area contributed by atoms with Crippen molar-refractivity contribution in [2.24, 2.45) is 10.4 Å². The number of guanidine groups is 1. The summed E-state index contributed by atoms with van der Waals surface area (Å²) in [6.45, 7) is 10.2. The molecule has 0 spiro atoms. The Morgan fingerprint density at radius 1 is 1.11 bits per heavy atom. The summed E-state index contributed by atoms with van der Waals surface area (Å²) in [6.07, 6.45) is 13.3. The summed E-state index contributed by atoms with van der Waals surface area (Å²) in [4.78, 5) is 7.52. The molecule has 5 heteroatoms. The summed E-state index contributed by atoms with van der Waals surface area (Å²) < 4.78 is 12.0. The van der Waals surface area contributed by atoms with E-state index in [9.17, 15) is 0 Å². The predicted molar refractivity (Wildman–Crippen MR) is 111 cm³/mol. The molecule has 3 fully saturated rings. The fourth-order valence-corrected chi connectivity index (χ4v) is 4.83. The summed E-state index contributed by atoms with van der Waals surface area (Å²) in [5.74, 6) is 1.12. The largest absolute Gasteiger partial charge is 0.376 e. The first-order chi connectivity index (χ1) is 13.2. The van der Waals surface area contributed by atoms with E-state index in [-0.39, 0.29) is 0 Å². The van der Waals surface area contributed by atoms with E-state index in [2.05, 4.69) is 24.1 Å². The average Bonchev–Trinajstić information content (AvgIpc) is 3.20. The minimum atomic E-state index is 0.326. The number of piperidine rings is 1. The van der Waals surface area contributed by atoms with Gasteiger partial charge in [0.2, 0.25) is 0 Å². The van der Waals surface area contributed by atoms with Gasteiger partial charge in [0.25, 0.3) is 0 Å². The highest BCUT2D eigenvalue weighted by molar-refractivity contribution is 5.80. The molecule has 27 heavy (non-hydrogen) atoms. The topological polar surface area (TPSA) is 46.1 Å². The van der Waals surface area contributed by atoms with Crippen molar-refractivity contribution >= 4 is 5.96 Å². The standard InChI is InChI=1S/C22H41N3O2/c1-3-22(12-6-7-13-22)18-24-21(23-4-2)25-14-10-19(11-15-25)27-17-20-9-5-8-16-26-20/h19-20H,3-18H2,1-2H3,(H,23,24). The van der Waals surface area contributed by atoms with Gasteiger partial charge in [-0.2, -0.15) is 0 Å². The normalized spacial score (nSPS) is 27.1. The summed E-state index contributed by atoms with van der Waals surface area (Å²) in [5.41, 5.74) is 0.460. The number of ether oxygens (including phenoxy) is 2. The molecule has 0 aromatic carbocycles. The fourth-order valence-electron chi connectivity index (χ4n) is 4.83. The number of rotatable bonds is 7. The van der Waals surface area contributed by atoms with Crippen LogP contribution in [0.4, 0.5) is 0 Å². The quantitative estimate of drug-likeness (QED) is 0.537. The van der Waals surface area contributed by atoms with Gasteiger partial charge in [-0.15, -0.1) is 0 Å². The van der Waals surface area contributed by atoms with Crippen LogP contribution in [0, 0.1) is 5.41 Å². The molecule has 156 valence electrons.